The summed E-state index contributed by atoms with van der Waals surface area (Å²) in [5, 5.41) is 14.8. The van der Waals surface area contributed by atoms with E-state index >= 15 is 0 Å². The van der Waals surface area contributed by atoms with Crippen LogP contribution in [0.4, 0.5) is 16.3 Å². The van der Waals surface area contributed by atoms with Gasteiger partial charge < -0.3 is 9.84 Å². The highest BCUT2D eigenvalue weighted by molar-refractivity contribution is 5.99. The van der Waals surface area contributed by atoms with Crippen molar-refractivity contribution in [2.75, 3.05) is 30.3 Å². The highest BCUT2D eigenvalue weighted by atomic mass is 16.5. The maximum absolute atomic E-state index is 13.0. The second-order valence-corrected chi connectivity index (χ2v) is 13.5. The molecule has 3 heterocycles. The number of piperidine rings is 1. The molecular formula is C38H42N6O3. The molecule has 242 valence electrons. The summed E-state index contributed by atoms with van der Waals surface area (Å²) in [5.41, 5.74) is 6.32. The smallest absolute Gasteiger partial charge is 0.324 e. The molecule has 0 atom stereocenters. The summed E-state index contributed by atoms with van der Waals surface area (Å²) < 4.78 is 7.14. The number of rotatable bonds is 9. The van der Waals surface area contributed by atoms with Gasteiger partial charge >= 0.3 is 6.03 Å². The van der Waals surface area contributed by atoms with E-state index in [1.54, 1.807) is 10.7 Å². The Labute approximate surface area is 276 Å². The molecule has 9 nitrogen and oxygen atoms in total. The zero-order chi connectivity index (χ0) is 33.0. The van der Waals surface area contributed by atoms with Crippen molar-refractivity contribution in [3.05, 3.63) is 114 Å². The van der Waals surface area contributed by atoms with Crippen molar-refractivity contribution in [1.82, 2.24) is 19.8 Å². The van der Waals surface area contributed by atoms with E-state index in [1.165, 1.54) is 5.56 Å². The predicted molar refractivity (Wildman–Crippen MR) is 185 cm³/mol. The van der Waals surface area contributed by atoms with Gasteiger partial charge in [0.2, 0.25) is 11.5 Å². The summed E-state index contributed by atoms with van der Waals surface area (Å²) in [7, 11) is 0. The Morgan fingerprint density at radius 1 is 0.894 bits per heavy atom. The molecule has 2 N–H and O–H groups in total. The summed E-state index contributed by atoms with van der Waals surface area (Å²) >= 11 is 0. The fourth-order valence-corrected chi connectivity index (χ4v) is 5.84. The van der Waals surface area contributed by atoms with Crippen LogP contribution in [0, 0.1) is 12.8 Å². The first-order valence-corrected chi connectivity index (χ1v) is 16.2. The first-order chi connectivity index (χ1) is 22.6. The second kappa shape index (κ2) is 13.8. The van der Waals surface area contributed by atoms with Crippen LogP contribution < -0.4 is 10.6 Å². The summed E-state index contributed by atoms with van der Waals surface area (Å²) in [6.07, 6.45) is 3.00. The molecule has 3 aromatic carbocycles. The standard InChI is InChI=1S/C38H42N6O3/c1-26-10-16-31(17-11-26)44-36(24-35(41-44)38(2,3)4)40-37(46)39-30-14-12-27(13-15-30)22-28-18-20-43(21-19-28)25-33(45)34-23-32(42-47-34)29-8-6-5-7-9-29/h5-17,23-24,28H,18-22,25H2,1-4H3,(H2,39,40,46). The molecule has 0 radical (unpaired) electrons. The van der Waals surface area contributed by atoms with Crippen LogP contribution in [0.15, 0.2) is 95.5 Å². The quantitative estimate of drug-likeness (QED) is 0.160. The Morgan fingerprint density at radius 2 is 1.60 bits per heavy atom. The minimum Gasteiger partial charge on any atom is -0.352 e. The Hall–Kier alpha value is -5.02. The van der Waals surface area contributed by atoms with Gasteiger partial charge in [0.15, 0.2) is 0 Å². The molecule has 1 saturated heterocycles. The molecule has 0 bridgehead atoms. The summed E-state index contributed by atoms with van der Waals surface area (Å²) in [6.45, 7) is 10.4. The van der Waals surface area contributed by atoms with Gasteiger partial charge in [-0.25, -0.2) is 9.48 Å². The third kappa shape index (κ3) is 8.04. The predicted octanol–water partition coefficient (Wildman–Crippen LogP) is 7.91. The molecule has 2 aromatic heterocycles. The van der Waals surface area contributed by atoms with Crippen LogP contribution in [-0.2, 0) is 11.8 Å². The van der Waals surface area contributed by atoms with Crippen molar-refractivity contribution in [1.29, 1.82) is 0 Å². The van der Waals surface area contributed by atoms with Gasteiger partial charge in [0, 0.05) is 28.8 Å². The van der Waals surface area contributed by atoms with Crippen LogP contribution in [0.3, 0.4) is 0 Å². The Kier molecular flexibility index (Phi) is 9.36. The zero-order valence-electron chi connectivity index (χ0n) is 27.5. The van der Waals surface area contributed by atoms with E-state index in [-0.39, 0.29) is 17.2 Å². The largest absolute Gasteiger partial charge is 0.352 e. The number of benzene rings is 3. The van der Waals surface area contributed by atoms with Crippen LogP contribution in [-0.4, -0.2) is 51.3 Å². The summed E-state index contributed by atoms with van der Waals surface area (Å²) in [4.78, 5) is 28.1. The van der Waals surface area contributed by atoms with E-state index < -0.39 is 0 Å². The van der Waals surface area contributed by atoms with Crippen LogP contribution in [0.1, 0.15) is 61.0 Å². The number of nitrogens with zero attached hydrogens (tertiary/aromatic N) is 4. The maximum atomic E-state index is 13.0. The number of aryl methyl sites for hydroxylation is 1. The van der Waals surface area contributed by atoms with E-state index in [1.807, 2.05) is 79.7 Å². The topological polar surface area (TPSA) is 105 Å². The van der Waals surface area contributed by atoms with Gasteiger partial charge in [-0.1, -0.05) is 86.1 Å². The lowest BCUT2D eigenvalue weighted by Crippen LogP contribution is -2.37. The van der Waals surface area contributed by atoms with E-state index in [4.69, 9.17) is 9.62 Å². The lowest BCUT2D eigenvalue weighted by atomic mass is 9.90. The number of carbonyl (C=O) groups excluding carboxylic acids is 2. The number of hydrogen-bond acceptors (Lipinski definition) is 6. The molecule has 9 heteroatoms. The molecule has 5 aromatic rings. The number of urea groups is 1. The molecule has 0 spiro atoms. The van der Waals surface area contributed by atoms with E-state index in [9.17, 15) is 9.59 Å². The van der Waals surface area contributed by atoms with Crippen LogP contribution >= 0.6 is 0 Å². The summed E-state index contributed by atoms with van der Waals surface area (Å²) in [5.74, 6) is 1.41. The molecule has 0 aliphatic carbocycles. The van der Waals surface area contributed by atoms with Crippen LogP contribution in [0.5, 0.6) is 0 Å². The minimum absolute atomic E-state index is 0.0421. The molecule has 0 unspecified atom stereocenters. The fourth-order valence-electron chi connectivity index (χ4n) is 5.84. The number of likely N-dealkylation sites (tertiary alicyclic amines) is 1. The number of hydrogen-bond donors (Lipinski definition) is 2. The Morgan fingerprint density at radius 3 is 2.28 bits per heavy atom. The van der Waals surface area contributed by atoms with Gasteiger partial charge in [-0.3, -0.25) is 15.0 Å². The lowest BCUT2D eigenvalue weighted by Gasteiger charge is -2.31. The fraction of sp³-hybridized carbons (Fsp3) is 0.316. The molecule has 2 amide bonds. The number of aromatic nitrogens is 3. The number of carbonyl (C=O) groups is 2. The first-order valence-electron chi connectivity index (χ1n) is 16.2. The number of nitrogens with one attached hydrogen (secondary N) is 2. The number of ketones is 1. The SMILES string of the molecule is Cc1ccc(-n2nc(C(C)(C)C)cc2NC(=O)Nc2ccc(CC3CCN(CC(=O)c4cc(-c5ccccc5)no4)CC3)cc2)cc1. The van der Waals surface area contributed by atoms with Crippen molar-refractivity contribution in [2.45, 2.75) is 52.4 Å². The van der Waals surface area contributed by atoms with Gasteiger partial charge in [-0.05, 0) is 75.0 Å². The van der Waals surface area contributed by atoms with E-state index in [0.29, 0.717) is 29.7 Å². The lowest BCUT2D eigenvalue weighted by molar-refractivity contribution is 0.0860. The van der Waals surface area contributed by atoms with Crippen molar-refractivity contribution < 1.29 is 14.1 Å². The highest BCUT2D eigenvalue weighted by Crippen LogP contribution is 2.27. The first kappa shape index (κ1) is 31.9. The minimum atomic E-state index is -0.324. The Balaban J connectivity index is 0.987. The highest BCUT2D eigenvalue weighted by Gasteiger charge is 2.24. The molecule has 47 heavy (non-hydrogen) atoms. The van der Waals surface area contributed by atoms with E-state index in [2.05, 4.69) is 53.6 Å². The van der Waals surface area contributed by atoms with Gasteiger partial charge in [-0.2, -0.15) is 5.10 Å². The molecule has 1 aliphatic rings. The van der Waals surface area contributed by atoms with Crippen LogP contribution in [0.25, 0.3) is 16.9 Å². The van der Waals surface area contributed by atoms with Crippen molar-refractivity contribution in [2.24, 2.45) is 5.92 Å². The molecule has 0 saturated carbocycles. The monoisotopic (exact) mass is 630 g/mol. The third-order valence-corrected chi connectivity index (χ3v) is 8.66. The third-order valence-electron chi connectivity index (χ3n) is 8.66. The Bertz CT molecular complexity index is 1810. The normalized spacial score (nSPS) is 14.2. The van der Waals surface area contributed by atoms with Gasteiger partial charge in [0.25, 0.3) is 0 Å². The van der Waals surface area contributed by atoms with Gasteiger partial charge in [0.05, 0.1) is 17.9 Å². The summed E-state index contributed by atoms with van der Waals surface area (Å²) in [6, 6.07) is 29.2. The number of Topliss-reactive ketones (excluding diaryl/α,β-unsaturated/α-hetero) is 1. The van der Waals surface area contributed by atoms with Gasteiger partial charge in [-0.15, -0.1) is 0 Å². The molecular weight excluding hydrogens is 588 g/mol. The molecule has 6 rings (SSSR count). The number of anilines is 2. The number of amides is 2. The molecule has 1 fully saturated rings. The van der Waals surface area contributed by atoms with Crippen molar-refractivity contribution in [3.63, 3.8) is 0 Å². The van der Waals surface area contributed by atoms with Crippen molar-refractivity contribution >= 4 is 23.3 Å². The average molecular weight is 631 g/mol. The maximum Gasteiger partial charge on any atom is 0.324 e. The van der Waals surface area contributed by atoms with Crippen molar-refractivity contribution in [3.8, 4) is 16.9 Å². The van der Waals surface area contributed by atoms with E-state index in [0.717, 1.165) is 60.5 Å². The molecule has 1 aliphatic heterocycles. The zero-order valence-corrected chi connectivity index (χ0v) is 27.5. The van der Waals surface area contributed by atoms with Crippen LogP contribution in [0.2, 0.25) is 0 Å². The average Bonchev–Trinajstić information content (AvgIpc) is 3.72. The second-order valence-electron chi connectivity index (χ2n) is 13.5. The van der Waals surface area contributed by atoms with Gasteiger partial charge in [0.1, 0.15) is 11.5 Å².